The lowest BCUT2D eigenvalue weighted by atomic mass is 10.1. The first-order chi connectivity index (χ1) is 15.4. The maximum absolute atomic E-state index is 12.9. The Morgan fingerprint density at radius 1 is 0.969 bits per heavy atom. The Hall–Kier alpha value is -3.31. The van der Waals surface area contributed by atoms with Crippen LogP contribution in [0.25, 0.3) is 0 Å². The highest BCUT2D eigenvalue weighted by atomic mass is 32.2. The fourth-order valence-electron chi connectivity index (χ4n) is 3.37. The Morgan fingerprint density at radius 3 is 2.19 bits per heavy atom. The summed E-state index contributed by atoms with van der Waals surface area (Å²) in [6, 6.07) is 11.0. The Kier molecular flexibility index (Phi) is 7.21. The molecule has 168 valence electrons. The predicted octanol–water partition coefficient (Wildman–Crippen LogP) is 3.68. The van der Waals surface area contributed by atoms with Crippen LogP contribution in [0.2, 0.25) is 0 Å². The van der Waals surface area contributed by atoms with Gasteiger partial charge < -0.3 is 9.47 Å². The van der Waals surface area contributed by atoms with Gasteiger partial charge >= 0.3 is 0 Å². The van der Waals surface area contributed by atoms with E-state index >= 15 is 0 Å². The van der Waals surface area contributed by atoms with Crippen LogP contribution in [-0.4, -0.2) is 43.7 Å². The van der Waals surface area contributed by atoms with Crippen LogP contribution in [-0.2, 0) is 9.84 Å². The number of rotatable bonds is 9. The van der Waals surface area contributed by atoms with Crippen LogP contribution in [0.1, 0.15) is 54.3 Å². The van der Waals surface area contributed by atoms with Gasteiger partial charge in [0.05, 0.1) is 23.5 Å². The van der Waals surface area contributed by atoms with Gasteiger partial charge in [-0.15, -0.1) is 5.92 Å². The topological polar surface area (TPSA) is 90.0 Å². The van der Waals surface area contributed by atoms with Gasteiger partial charge in [-0.3, -0.25) is 9.59 Å². The number of imide groups is 1. The first kappa shape index (κ1) is 23.4. The number of amides is 2. The zero-order valence-electron chi connectivity index (χ0n) is 18.3. The van der Waals surface area contributed by atoms with Crippen molar-refractivity contribution in [3.05, 3.63) is 53.6 Å². The smallest absolute Gasteiger partial charge is 0.265 e. The molecule has 8 heteroatoms. The molecule has 2 aromatic carbocycles. The van der Waals surface area contributed by atoms with Gasteiger partial charge in [0.2, 0.25) is 6.23 Å². The lowest BCUT2D eigenvalue weighted by Gasteiger charge is -2.24. The number of ether oxygens (including phenoxy) is 2. The largest absolute Gasteiger partial charge is 0.488 e. The number of hydrogen-bond donors (Lipinski definition) is 0. The van der Waals surface area contributed by atoms with Crippen LogP contribution in [0.3, 0.4) is 0 Å². The number of carbonyl (C=O) groups is 2. The van der Waals surface area contributed by atoms with E-state index < -0.39 is 27.9 Å². The summed E-state index contributed by atoms with van der Waals surface area (Å²) < 4.78 is 37.4. The molecule has 2 amide bonds. The number of nitrogens with zero attached hydrogens (tertiary/aromatic N) is 1. The van der Waals surface area contributed by atoms with E-state index in [9.17, 15) is 18.0 Å². The summed E-state index contributed by atoms with van der Waals surface area (Å²) in [5.41, 5.74) is 0.538. The van der Waals surface area contributed by atoms with Gasteiger partial charge in [0.1, 0.15) is 4.90 Å². The molecule has 0 saturated carbocycles. The maximum Gasteiger partial charge on any atom is 0.265 e. The van der Waals surface area contributed by atoms with Gasteiger partial charge in [-0.05, 0) is 50.0 Å². The summed E-state index contributed by atoms with van der Waals surface area (Å²) in [4.78, 5) is 26.8. The normalized spacial score (nSPS) is 13.9. The molecule has 0 saturated heterocycles. The second-order valence-electron chi connectivity index (χ2n) is 7.14. The molecule has 0 radical (unpaired) electrons. The molecule has 0 fully saturated rings. The molecule has 0 N–H and O–H groups in total. The zero-order valence-corrected chi connectivity index (χ0v) is 19.1. The monoisotopic (exact) mass is 455 g/mol. The molecule has 1 aliphatic heterocycles. The van der Waals surface area contributed by atoms with E-state index in [1.165, 1.54) is 12.1 Å². The molecule has 3 rings (SSSR count). The molecule has 0 spiro atoms. The summed E-state index contributed by atoms with van der Waals surface area (Å²) in [7, 11) is -3.61. The summed E-state index contributed by atoms with van der Waals surface area (Å²) in [6.07, 6.45) is -0.154. The van der Waals surface area contributed by atoms with Crippen LogP contribution in [0.5, 0.6) is 11.5 Å². The molecule has 0 aliphatic carbocycles. The van der Waals surface area contributed by atoms with E-state index in [2.05, 4.69) is 11.8 Å². The van der Waals surface area contributed by atoms with Crippen molar-refractivity contribution in [1.82, 2.24) is 4.90 Å². The lowest BCUT2D eigenvalue weighted by molar-refractivity contribution is 0.0386. The Labute approximate surface area is 188 Å². The van der Waals surface area contributed by atoms with Crippen molar-refractivity contribution < 1.29 is 27.5 Å². The predicted molar refractivity (Wildman–Crippen MR) is 119 cm³/mol. The minimum Gasteiger partial charge on any atom is -0.488 e. The first-order valence-electron chi connectivity index (χ1n) is 10.4. The van der Waals surface area contributed by atoms with E-state index in [-0.39, 0.29) is 39.9 Å². The molecule has 0 aromatic heterocycles. The van der Waals surface area contributed by atoms with E-state index in [0.717, 1.165) is 4.90 Å². The van der Waals surface area contributed by atoms with Gasteiger partial charge in [-0.1, -0.05) is 32.0 Å². The standard InChI is InChI=1S/C24H25NO6S/c1-4-10-21(25-23(26)17-11-7-8-12-18(17)24(25)27)31-19-13-9-14-20(22(19)30-15-5-2)32(28,29)16-6-3/h7-9,11-14,21H,5-6,15-16H2,1-3H3. The third-order valence-electron chi connectivity index (χ3n) is 4.77. The lowest BCUT2D eigenvalue weighted by Crippen LogP contribution is -2.42. The van der Waals surface area contributed by atoms with Crippen LogP contribution in [0, 0.1) is 11.8 Å². The van der Waals surface area contributed by atoms with Crippen molar-refractivity contribution in [2.24, 2.45) is 0 Å². The maximum atomic E-state index is 12.9. The summed E-state index contributed by atoms with van der Waals surface area (Å²) in [5.74, 6) is 4.48. The zero-order chi connectivity index (χ0) is 23.3. The minimum atomic E-state index is -3.61. The van der Waals surface area contributed by atoms with Crippen molar-refractivity contribution in [3.8, 4) is 23.3 Å². The molecule has 1 unspecified atom stereocenters. The van der Waals surface area contributed by atoms with Gasteiger partial charge in [-0.2, -0.15) is 0 Å². The number of hydrogen-bond acceptors (Lipinski definition) is 6. The van der Waals surface area contributed by atoms with E-state index in [4.69, 9.17) is 9.47 Å². The quantitative estimate of drug-likeness (QED) is 0.423. The van der Waals surface area contributed by atoms with Crippen molar-refractivity contribution in [3.63, 3.8) is 0 Å². The molecule has 1 atom stereocenters. The van der Waals surface area contributed by atoms with Crippen molar-refractivity contribution in [1.29, 1.82) is 0 Å². The number of carbonyl (C=O) groups excluding carboxylic acids is 2. The van der Waals surface area contributed by atoms with Crippen LogP contribution < -0.4 is 9.47 Å². The number of sulfone groups is 1. The number of fused-ring (bicyclic) bond motifs is 1. The summed E-state index contributed by atoms with van der Waals surface area (Å²) >= 11 is 0. The molecule has 1 aliphatic rings. The second-order valence-corrected chi connectivity index (χ2v) is 9.22. The van der Waals surface area contributed by atoms with E-state index in [1.807, 2.05) is 6.92 Å². The average molecular weight is 456 g/mol. The molecule has 0 bridgehead atoms. The van der Waals surface area contributed by atoms with Crippen LogP contribution >= 0.6 is 0 Å². The average Bonchev–Trinajstić information content (AvgIpc) is 3.02. The van der Waals surface area contributed by atoms with Gasteiger partial charge in [0, 0.05) is 0 Å². The molecular weight excluding hydrogens is 430 g/mol. The van der Waals surface area contributed by atoms with Crippen molar-refractivity contribution in [2.75, 3.05) is 12.4 Å². The minimum absolute atomic E-state index is 0.0101. The Bertz CT molecular complexity index is 1160. The molecule has 2 aromatic rings. The Morgan fingerprint density at radius 2 is 1.62 bits per heavy atom. The SMILES string of the molecule is CC#CC(Oc1cccc(S(=O)(=O)CCC)c1OCCC)N1C(=O)c2ccccc2C1=O. The first-order valence-corrected chi connectivity index (χ1v) is 12.0. The van der Waals surface area contributed by atoms with E-state index in [1.54, 1.807) is 44.2 Å². The van der Waals surface area contributed by atoms with Crippen LogP contribution in [0.15, 0.2) is 47.4 Å². The highest BCUT2D eigenvalue weighted by molar-refractivity contribution is 7.91. The van der Waals surface area contributed by atoms with Gasteiger partial charge in [0.25, 0.3) is 11.8 Å². The van der Waals surface area contributed by atoms with Crippen molar-refractivity contribution in [2.45, 2.75) is 44.7 Å². The van der Waals surface area contributed by atoms with E-state index in [0.29, 0.717) is 12.8 Å². The molecule has 7 nitrogen and oxygen atoms in total. The molecular formula is C24H25NO6S. The third kappa shape index (κ3) is 4.48. The third-order valence-corrected chi connectivity index (χ3v) is 6.70. The summed E-state index contributed by atoms with van der Waals surface area (Å²) in [5, 5.41) is 0. The second kappa shape index (κ2) is 9.88. The fraction of sp³-hybridized carbons (Fsp3) is 0.333. The van der Waals surface area contributed by atoms with Gasteiger partial charge in [0.15, 0.2) is 21.3 Å². The van der Waals surface area contributed by atoms with Crippen molar-refractivity contribution >= 4 is 21.7 Å². The number of benzene rings is 2. The Balaban J connectivity index is 2.04. The molecule has 1 heterocycles. The highest BCUT2D eigenvalue weighted by Crippen LogP contribution is 2.37. The summed E-state index contributed by atoms with van der Waals surface area (Å²) in [6.45, 7) is 5.50. The van der Waals surface area contributed by atoms with Gasteiger partial charge in [-0.25, -0.2) is 13.3 Å². The van der Waals surface area contributed by atoms with Crippen LogP contribution in [0.4, 0.5) is 0 Å². The highest BCUT2D eigenvalue weighted by Gasteiger charge is 2.41. The number of para-hydroxylation sites is 1. The molecule has 32 heavy (non-hydrogen) atoms. The fourth-order valence-corrected chi connectivity index (χ4v) is 4.86.